The first kappa shape index (κ1) is 12.1. The summed E-state index contributed by atoms with van der Waals surface area (Å²) < 4.78 is 17.0. The molecule has 10 heteroatoms. The van der Waals surface area contributed by atoms with Gasteiger partial charge in [-0.25, -0.2) is 15.0 Å². The van der Waals surface area contributed by atoms with E-state index in [0.29, 0.717) is 5.88 Å². The van der Waals surface area contributed by atoms with Crippen molar-refractivity contribution in [2.45, 2.75) is 5.28 Å². The summed E-state index contributed by atoms with van der Waals surface area (Å²) in [5, 5.41) is -2.04. The van der Waals surface area contributed by atoms with Crippen LogP contribution in [0.5, 0.6) is 0 Å². The largest absolute Gasteiger partial charge is 0.448 e. The van der Waals surface area contributed by atoms with E-state index in [1.807, 2.05) is 0 Å². The van der Waals surface area contributed by atoms with Crippen molar-refractivity contribution in [3.8, 4) is 0 Å². The molecule has 19 heavy (non-hydrogen) atoms. The second-order valence-electron chi connectivity index (χ2n) is 3.95. The van der Waals surface area contributed by atoms with Gasteiger partial charge in [-0.1, -0.05) is 0 Å². The van der Waals surface area contributed by atoms with Crippen molar-refractivity contribution >= 4 is 31.5 Å². The molecule has 3 heterocycles. The highest BCUT2D eigenvalue weighted by Crippen LogP contribution is 2.55. The SMILES string of the molecule is NC1=NCN=C2N(c3ccco3)C=NC12P(=O)(O)O. The highest BCUT2D eigenvalue weighted by molar-refractivity contribution is 7.56. The average Bonchev–Trinajstić information content (AvgIpc) is 2.94. The number of hydrogen-bond acceptors (Lipinski definition) is 7. The predicted molar refractivity (Wildman–Crippen MR) is 68.4 cm³/mol. The third-order valence-corrected chi connectivity index (χ3v) is 4.27. The molecule has 0 amide bonds. The fourth-order valence-electron chi connectivity index (χ4n) is 2.00. The zero-order valence-electron chi connectivity index (χ0n) is 9.54. The topological polar surface area (TPSA) is 137 Å². The van der Waals surface area contributed by atoms with E-state index in [2.05, 4.69) is 15.0 Å². The Balaban J connectivity index is 2.15. The number of anilines is 1. The molecule has 0 saturated heterocycles. The molecule has 0 radical (unpaired) electrons. The molecule has 3 rings (SSSR count). The van der Waals surface area contributed by atoms with Crippen molar-refractivity contribution in [1.82, 2.24) is 0 Å². The predicted octanol–water partition coefficient (Wildman–Crippen LogP) is -0.271. The average molecular weight is 283 g/mol. The molecule has 100 valence electrons. The van der Waals surface area contributed by atoms with Gasteiger partial charge in [0.15, 0.2) is 5.84 Å². The fourth-order valence-corrected chi connectivity index (χ4v) is 3.01. The van der Waals surface area contributed by atoms with Gasteiger partial charge in [0.2, 0.25) is 5.88 Å². The van der Waals surface area contributed by atoms with Crippen LogP contribution in [0.15, 0.2) is 37.8 Å². The monoisotopic (exact) mass is 283 g/mol. The third-order valence-electron chi connectivity index (χ3n) is 2.88. The highest BCUT2D eigenvalue weighted by atomic mass is 31.2. The van der Waals surface area contributed by atoms with E-state index in [-0.39, 0.29) is 18.3 Å². The molecule has 4 N–H and O–H groups in total. The van der Waals surface area contributed by atoms with Crippen molar-refractivity contribution < 1.29 is 18.8 Å². The molecule has 0 aromatic carbocycles. The maximum Gasteiger partial charge on any atom is 0.368 e. The molecule has 9 nitrogen and oxygen atoms in total. The summed E-state index contributed by atoms with van der Waals surface area (Å²) in [6.07, 6.45) is 2.66. The lowest BCUT2D eigenvalue weighted by atomic mass is 10.2. The third kappa shape index (κ3) is 1.49. The van der Waals surface area contributed by atoms with E-state index in [1.54, 1.807) is 12.1 Å². The van der Waals surface area contributed by atoms with Crippen LogP contribution in [0.1, 0.15) is 0 Å². The number of aliphatic imine (C=N–C) groups is 3. The van der Waals surface area contributed by atoms with E-state index in [0.717, 1.165) is 0 Å². The van der Waals surface area contributed by atoms with Crippen LogP contribution in [0.25, 0.3) is 0 Å². The Labute approximate surface area is 107 Å². The molecular formula is C9H10N5O4P. The molecule has 2 aliphatic rings. The maximum absolute atomic E-state index is 11.8. The molecule has 2 aliphatic heterocycles. The van der Waals surface area contributed by atoms with Gasteiger partial charge >= 0.3 is 7.60 Å². The zero-order chi connectivity index (χ0) is 13.7. The van der Waals surface area contributed by atoms with E-state index in [1.165, 1.54) is 17.5 Å². The van der Waals surface area contributed by atoms with E-state index in [9.17, 15) is 14.4 Å². The zero-order valence-corrected chi connectivity index (χ0v) is 10.4. The van der Waals surface area contributed by atoms with Gasteiger partial charge in [0.25, 0.3) is 5.28 Å². The van der Waals surface area contributed by atoms with Gasteiger partial charge in [0.1, 0.15) is 18.8 Å². The lowest BCUT2D eigenvalue weighted by molar-refractivity contribution is 0.360. The van der Waals surface area contributed by atoms with Crippen LogP contribution in [0.4, 0.5) is 5.88 Å². The maximum atomic E-state index is 11.8. The van der Waals surface area contributed by atoms with Gasteiger partial charge in [-0.3, -0.25) is 9.46 Å². The Bertz CT molecular complexity index is 646. The Morgan fingerprint density at radius 2 is 2.26 bits per heavy atom. The number of fused-ring (bicyclic) bond motifs is 1. The molecular weight excluding hydrogens is 273 g/mol. The summed E-state index contributed by atoms with van der Waals surface area (Å²) in [6, 6.07) is 3.26. The van der Waals surface area contributed by atoms with Crippen LogP contribution >= 0.6 is 7.60 Å². The Morgan fingerprint density at radius 3 is 2.89 bits per heavy atom. The summed E-state index contributed by atoms with van der Waals surface area (Å²) in [6.45, 7) is -0.0104. The number of rotatable bonds is 2. The number of furan rings is 1. The van der Waals surface area contributed by atoms with Gasteiger partial charge in [-0.2, -0.15) is 0 Å². The minimum absolute atomic E-state index is 0.0104. The molecule has 0 spiro atoms. The van der Waals surface area contributed by atoms with Crippen molar-refractivity contribution in [2.75, 3.05) is 11.6 Å². The van der Waals surface area contributed by atoms with Gasteiger partial charge in [0, 0.05) is 6.07 Å². The van der Waals surface area contributed by atoms with E-state index < -0.39 is 12.9 Å². The molecule has 1 atom stereocenters. The minimum Gasteiger partial charge on any atom is -0.448 e. The molecule has 1 unspecified atom stereocenters. The van der Waals surface area contributed by atoms with Crippen LogP contribution in [-0.2, 0) is 4.57 Å². The number of nitrogens with two attached hydrogens (primary N) is 1. The quantitative estimate of drug-likeness (QED) is 0.639. The Morgan fingerprint density at radius 1 is 1.47 bits per heavy atom. The number of nitrogens with zero attached hydrogens (tertiary/aromatic N) is 4. The van der Waals surface area contributed by atoms with Crippen molar-refractivity contribution in [1.29, 1.82) is 0 Å². The normalized spacial score (nSPS) is 26.1. The molecule has 0 bridgehead atoms. The van der Waals surface area contributed by atoms with Gasteiger partial charge < -0.3 is 19.9 Å². The summed E-state index contributed by atoms with van der Waals surface area (Å²) in [5.74, 6) is 0.104. The second-order valence-corrected chi connectivity index (χ2v) is 5.68. The fraction of sp³-hybridized carbons (Fsp3) is 0.222. The van der Waals surface area contributed by atoms with Crippen LogP contribution in [-0.4, -0.2) is 39.7 Å². The number of hydrogen-bond donors (Lipinski definition) is 3. The standard InChI is InChI=1S/C9H10N5O4P/c10-7-9(19(15,16)17)8(12-4-11-7)14(5-13-9)6-2-1-3-18-6/h1-3,5H,4H2,(H2,10,11)(H2,15,16,17). The number of amidine groups is 2. The first-order valence-electron chi connectivity index (χ1n) is 5.26. The lowest BCUT2D eigenvalue weighted by Gasteiger charge is -2.30. The first-order chi connectivity index (χ1) is 8.97. The highest BCUT2D eigenvalue weighted by Gasteiger charge is 2.61. The summed E-state index contributed by atoms with van der Waals surface area (Å²) in [4.78, 5) is 32.2. The Kier molecular flexibility index (Phi) is 2.40. The molecule has 1 aromatic heterocycles. The van der Waals surface area contributed by atoms with E-state index in [4.69, 9.17) is 10.2 Å². The lowest BCUT2D eigenvalue weighted by Crippen LogP contribution is -2.52. The molecule has 0 saturated carbocycles. The van der Waals surface area contributed by atoms with Crippen LogP contribution in [0, 0.1) is 0 Å². The van der Waals surface area contributed by atoms with Crippen molar-refractivity contribution in [2.24, 2.45) is 20.7 Å². The van der Waals surface area contributed by atoms with E-state index >= 15 is 0 Å². The van der Waals surface area contributed by atoms with Gasteiger partial charge in [-0.15, -0.1) is 0 Å². The smallest absolute Gasteiger partial charge is 0.368 e. The molecule has 0 fully saturated rings. The Hall–Kier alpha value is -1.96. The van der Waals surface area contributed by atoms with Gasteiger partial charge in [0.05, 0.1) is 6.26 Å². The van der Waals surface area contributed by atoms with Crippen molar-refractivity contribution in [3.63, 3.8) is 0 Å². The summed E-state index contributed by atoms with van der Waals surface area (Å²) in [5.41, 5.74) is 5.66. The first-order valence-corrected chi connectivity index (χ1v) is 6.87. The van der Waals surface area contributed by atoms with Crippen LogP contribution in [0.3, 0.4) is 0 Å². The minimum atomic E-state index is -4.73. The summed E-state index contributed by atoms with van der Waals surface area (Å²) >= 11 is 0. The second kappa shape index (κ2) is 3.77. The van der Waals surface area contributed by atoms with Crippen LogP contribution in [0.2, 0.25) is 0 Å². The van der Waals surface area contributed by atoms with Gasteiger partial charge in [-0.05, 0) is 6.07 Å². The van der Waals surface area contributed by atoms with Crippen LogP contribution < -0.4 is 10.6 Å². The molecule has 0 aliphatic carbocycles. The van der Waals surface area contributed by atoms with Crippen molar-refractivity contribution in [3.05, 3.63) is 18.4 Å². The summed E-state index contributed by atoms with van der Waals surface area (Å²) in [7, 11) is -4.73. The molecule has 1 aromatic rings.